The Morgan fingerprint density at radius 2 is 2.33 bits per heavy atom. The summed E-state index contributed by atoms with van der Waals surface area (Å²) in [5.41, 5.74) is 1.82. The van der Waals surface area contributed by atoms with Crippen LogP contribution in [0.3, 0.4) is 0 Å². The zero-order valence-corrected chi connectivity index (χ0v) is 10.1. The number of rotatable bonds is 2. The lowest BCUT2D eigenvalue weighted by Gasteiger charge is -2.11. The van der Waals surface area contributed by atoms with E-state index in [1.807, 2.05) is 4.68 Å². The maximum absolute atomic E-state index is 11.0. The van der Waals surface area contributed by atoms with E-state index >= 15 is 0 Å². The second-order valence-corrected chi connectivity index (χ2v) is 4.75. The number of hydrogen-bond donors (Lipinski definition) is 1. The average Bonchev–Trinajstić information content (AvgIpc) is 2.93. The van der Waals surface area contributed by atoms with E-state index in [0.29, 0.717) is 0 Å². The molecule has 2 heterocycles. The molecule has 1 aliphatic rings. The number of carbonyl (C=O) groups is 1. The molecule has 0 amide bonds. The third-order valence-corrected chi connectivity index (χ3v) is 3.43. The molecule has 1 fully saturated rings. The Morgan fingerprint density at radius 1 is 1.50 bits per heavy atom. The van der Waals surface area contributed by atoms with Crippen LogP contribution in [0.15, 0.2) is 18.2 Å². The van der Waals surface area contributed by atoms with Gasteiger partial charge in [0.25, 0.3) is 0 Å². The number of fused-ring (bicyclic) bond motifs is 1. The maximum atomic E-state index is 11.0. The van der Waals surface area contributed by atoms with Gasteiger partial charge in [-0.3, -0.25) is 0 Å². The average molecular weight is 246 g/mol. The lowest BCUT2D eigenvalue weighted by molar-refractivity contribution is 0.0697. The van der Waals surface area contributed by atoms with Crippen LogP contribution in [0.25, 0.3) is 11.0 Å². The highest BCUT2D eigenvalue weighted by molar-refractivity contribution is 5.92. The summed E-state index contributed by atoms with van der Waals surface area (Å²) in [7, 11) is 2.07. The van der Waals surface area contributed by atoms with Gasteiger partial charge in [0.15, 0.2) is 0 Å². The van der Waals surface area contributed by atoms with Crippen LogP contribution in [0.1, 0.15) is 22.8 Å². The van der Waals surface area contributed by atoms with Crippen molar-refractivity contribution in [3.8, 4) is 0 Å². The minimum atomic E-state index is -0.923. The van der Waals surface area contributed by atoms with Gasteiger partial charge in [0, 0.05) is 13.1 Å². The van der Waals surface area contributed by atoms with E-state index in [-0.39, 0.29) is 11.6 Å². The number of likely N-dealkylation sites (tertiary alicyclic amines) is 1. The van der Waals surface area contributed by atoms with Crippen LogP contribution in [-0.4, -0.2) is 51.1 Å². The molecule has 6 heteroatoms. The van der Waals surface area contributed by atoms with E-state index in [0.717, 1.165) is 30.5 Å². The molecule has 0 radical (unpaired) electrons. The largest absolute Gasteiger partial charge is 0.478 e. The predicted octanol–water partition coefficient (Wildman–Crippen LogP) is 1.01. The van der Waals surface area contributed by atoms with Crippen molar-refractivity contribution in [1.29, 1.82) is 0 Å². The highest BCUT2D eigenvalue weighted by Gasteiger charge is 2.23. The summed E-state index contributed by atoms with van der Waals surface area (Å²) in [4.78, 5) is 13.2. The van der Waals surface area contributed by atoms with Crippen LogP contribution < -0.4 is 0 Å². The van der Waals surface area contributed by atoms with Crippen molar-refractivity contribution in [2.45, 2.75) is 12.5 Å². The molecule has 3 rings (SSSR count). The standard InChI is InChI=1S/C12H14N4O2/c1-15-5-4-9(7-15)16-11-6-8(12(17)18)2-3-10(11)13-14-16/h2-3,6,9H,4-5,7H2,1H3,(H,17,18). The summed E-state index contributed by atoms with van der Waals surface area (Å²) in [6.45, 7) is 1.96. The van der Waals surface area contributed by atoms with Crippen molar-refractivity contribution in [3.63, 3.8) is 0 Å². The lowest BCUT2D eigenvalue weighted by Crippen LogP contribution is -2.17. The maximum Gasteiger partial charge on any atom is 0.335 e. The van der Waals surface area contributed by atoms with Crippen LogP contribution in [0, 0.1) is 0 Å². The monoisotopic (exact) mass is 246 g/mol. The number of carboxylic acid groups (broad SMARTS) is 1. The van der Waals surface area contributed by atoms with Gasteiger partial charge >= 0.3 is 5.97 Å². The van der Waals surface area contributed by atoms with Crippen LogP contribution in [-0.2, 0) is 0 Å². The molecule has 1 atom stereocenters. The molecule has 1 saturated heterocycles. The Labute approximate surface area is 104 Å². The third-order valence-electron chi connectivity index (χ3n) is 3.43. The van der Waals surface area contributed by atoms with Crippen molar-refractivity contribution < 1.29 is 9.90 Å². The second-order valence-electron chi connectivity index (χ2n) is 4.75. The van der Waals surface area contributed by atoms with E-state index in [1.54, 1.807) is 18.2 Å². The van der Waals surface area contributed by atoms with E-state index < -0.39 is 5.97 Å². The first-order chi connectivity index (χ1) is 8.65. The molecular formula is C12H14N4O2. The van der Waals surface area contributed by atoms with Crippen LogP contribution >= 0.6 is 0 Å². The van der Waals surface area contributed by atoms with Gasteiger partial charge in [-0.1, -0.05) is 5.21 Å². The first-order valence-electron chi connectivity index (χ1n) is 5.92. The molecule has 0 aliphatic carbocycles. The number of aromatic nitrogens is 3. The Morgan fingerprint density at radius 3 is 3.00 bits per heavy atom. The van der Waals surface area contributed by atoms with Crippen LogP contribution in [0.4, 0.5) is 0 Å². The van der Waals surface area contributed by atoms with Crippen LogP contribution in [0.2, 0.25) is 0 Å². The third kappa shape index (κ3) is 1.74. The van der Waals surface area contributed by atoms with Crippen LogP contribution in [0.5, 0.6) is 0 Å². The summed E-state index contributed by atoms with van der Waals surface area (Å²) in [5.74, 6) is -0.923. The fraction of sp³-hybridized carbons (Fsp3) is 0.417. The first kappa shape index (κ1) is 11.2. The molecule has 18 heavy (non-hydrogen) atoms. The SMILES string of the molecule is CN1CCC(n2nnc3ccc(C(=O)O)cc32)C1. The molecule has 1 aromatic heterocycles. The summed E-state index contributed by atoms with van der Waals surface area (Å²) >= 11 is 0. The number of nitrogens with zero attached hydrogens (tertiary/aromatic N) is 4. The Bertz CT molecular complexity index is 607. The quantitative estimate of drug-likeness (QED) is 0.856. The van der Waals surface area contributed by atoms with Gasteiger partial charge in [-0.25, -0.2) is 9.48 Å². The number of hydrogen-bond acceptors (Lipinski definition) is 4. The molecule has 1 aliphatic heterocycles. The molecule has 94 valence electrons. The van der Waals surface area contributed by atoms with Gasteiger partial charge in [-0.2, -0.15) is 0 Å². The number of likely N-dealkylation sites (N-methyl/N-ethyl adjacent to an activating group) is 1. The highest BCUT2D eigenvalue weighted by Crippen LogP contribution is 2.24. The summed E-state index contributed by atoms with van der Waals surface area (Å²) in [5, 5.41) is 17.3. The smallest absolute Gasteiger partial charge is 0.335 e. The molecule has 0 bridgehead atoms. The fourth-order valence-electron chi connectivity index (χ4n) is 2.45. The zero-order valence-electron chi connectivity index (χ0n) is 10.1. The lowest BCUT2D eigenvalue weighted by atomic mass is 10.2. The van der Waals surface area contributed by atoms with Gasteiger partial charge < -0.3 is 10.0 Å². The van der Waals surface area contributed by atoms with E-state index in [2.05, 4.69) is 22.3 Å². The summed E-state index contributed by atoms with van der Waals surface area (Å²) in [6, 6.07) is 5.20. The minimum absolute atomic E-state index is 0.275. The van der Waals surface area contributed by atoms with Gasteiger partial charge in [0.05, 0.1) is 17.1 Å². The topological polar surface area (TPSA) is 71.2 Å². The molecule has 1 aromatic carbocycles. The van der Waals surface area contributed by atoms with Crippen molar-refractivity contribution in [1.82, 2.24) is 19.9 Å². The number of carboxylic acids is 1. The predicted molar refractivity (Wildman–Crippen MR) is 65.6 cm³/mol. The van der Waals surface area contributed by atoms with E-state index in [1.165, 1.54) is 0 Å². The summed E-state index contributed by atoms with van der Waals surface area (Å²) in [6.07, 6.45) is 1.02. The molecular weight excluding hydrogens is 232 g/mol. The normalized spacial score (nSPS) is 20.6. The molecule has 1 unspecified atom stereocenters. The second kappa shape index (κ2) is 4.06. The minimum Gasteiger partial charge on any atom is -0.478 e. The van der Waals surface area contributed by atoms with E-state index in [4.69, 9.17) is 5.11 Å². The fourth-order valence-corrected chi connectivity index (χ4v) is 2.45. The van der Waals surface area contributed by atoms with Crippen molar-refractivity contribution >= 4 is 17.0 Å². The Kier molecular flexibility index (Phi) is 2.52. The molecule has 0 spiro atoms. The molecule has 1 N–H and O–H groups in total. The van der Waals surface area contributed by atoms with Crippen molar-refractivity contribution in [2.24, 2.45) is 0 Å². The summed E-state index contributed by atoms with van der Waals surface area (Å²) < 4.78 is 1.85. The zero-order chi connectivity index (χ0) is 12.7. The number of benzene rings is 1. The Balaban J connectivity index is 2.06. The highest BCUT2D eigenvalue weighted by atomic mass is 16.4. The van der Waals surface area contributed by atoms with Crippen molar-refractivity contribution in [3.05, 3.63) is 23.8 Å². The molecule has 6 nitrogen and oxygen atoms in total. The molecule has 0 saturated carbocycles. The Hall–Kier alpha value is -1.95. The van der Waals surface area contributed by atoms with Gasteiger partial charge in [-0.05, 0) is 31.7 Å². The van der Waals surface area contributed by atoms with Gasteiger partial charge in [0.2, 0.25) is 0 Å². The van der Waals surface area contributed by atoms with Crippen molar-refractivity contribution in [2.75, 3.05) is 20.1 Å². The van der Waals surface area contributed by atoms with Gasteiger partial charge in [0.1, 0.15) is 5.52 Å². The number of aromatic carboxylic acids is 1. The van der Waals surface area contributed by atoms with E-state index in [9.17, 15) is 4.79 Å². The molecule has 2 aromatic rings. The first-order valence-corrected chi connectivity index (χ1v) is 5.92. The van der Waals surface area contributed by atoms with Gasteiger partial charge in [-0.15, -0.1) is 5.10 Å².